The average molecular weight is 443 g/mol. The molecule has 0 N–H and O–H groups in total. The molecule has 1 saturated heterocycles. The standard InChI is InChI=1S/C25H26N6O2/c1-2-33-21-12-10-20(11-13-21)31-24(26-27-28-31)18-29-14-16-30(17-15-29)25(32)23-9-5-7-19-6-3-4-8-22(19)23/h3-13H,2,14-18H2,1H3. The molecule has 4 aromatic rings. The summed E-state index contributed by atoms with van der Waals surface area (Å²) < 4.78 is 7.27. The van der Waals surface area contributed by atoms with Crippen molar-refractivity contribution < 1.29 is 9.53 Å². The molecule has 0 atom stereocenters. The normalized spacial score (nSPS) is 14.5. The molecular weight excluding hydrogens is 416 g/mol. The molecule has 0 spiro atoms. The smallest absolute Gasteiger partial charge is 0.254 e. The molecule has 2 heterocycles. The second-order valence-electron chi connectivity index (χ2n) is 8.03. The topological polar surface area (TPSA) is 76.4 Å². The van der Waals surface area contributed by atoms with Crippen molar-refractivity contribution in [3.05, 3.63) is 78.1 Å². The Bertz CT molecular complexity index is 1240. The number of amides is 1. The molecule has 3 aromatic carbocycles. The van der Waals surface area contributed by atoms with Crippen molar-refractivity contribution in [3.63, 3.8) is 0 Å². The predicted octanol–water partition coefficient (Wildman–Crippen LogP) is 3.17. The largest absolute Gasteiger partial charge is 0.494 e. The summed E-state index contributed by atoms with van der Waals surface area (Å²) in [4.78, 5) is 17.4. The third-order valence-corrected chi connectivity index (χ3v) is 5.97. The zero-order chi connectivity index (χ0) is 22.6. The molecule has 1 aliphatic heterocycles. The van der Waals surface area contributed by atoms with Crippen molar-refractivity contribution in [1.82, 2.24) is 30.0 Å². The van der Waals surface area contributed by atoms with E-state index in [1.54, 1.807) is 4.68 Å². The maximum Gasteiger partial charge on any atom is 0.254 e. The van der Waals surface area contributed by atoms with Crippen molar-refractivity contribution in [2.75, 3.05) is 32.8 Å². The first-order valence-corrected chi connectivity index (χ1v) is 11.2. The molecule has 8 nitrogen and oxygen atoms in total. The Morgan fingerprint density at radius 2 is 1.70 bits per heavy atom. The number of hydrogen-bond acceptors (Lipinski definition) is 6. The quantitative estimate of drug-likeness (QED) is 0.457. The molecule has 33 heavy (non-hydrogen) atoms. The van der Waals surface area contributed by atoms with Gasteiger partial charge in [-0.15, -0.1) is 5.10 Å². The van der Waals surface area contributed by atoms with Gasteiger partial charge in [0.25, 0.3) is 5.91 Å². The van der Waals surface area contributed by atoms with Crippen LogP contribution in [0.15, 0.2) is 66.7 Å². The molecule has 168 valence electrons. The Kier molecular flexibility index (Phi) is 5.99. The van der Waals surface area contributed by atoms with E-state index in [4.69, 9.17) is 4.74 Å². The van der Waals surface area contributed by atoms with Gasteiger partial charge < -0.3 is 9.64 Å². The van der Waals surface area contributed by atoms with Crippen LogP contribution in [0.4, 0.5) is 0 Å². The van der Waals surface area contributed by atoms with E-state index in [9.17, 15) is 4.79 Å². The van der Waals surface area contributed by atoms with Gasteiger partial charge in [0.1, 0.15) is 5.75 Å². The summed E-state index contributed by atoms with van der Waals surface area (Å²) in [5, 5.41) is 14.4. The summed E-state index contributed by atoms with van der Waals surface area (Å²) >= 11 is 0. The summed E-state index contributed by atoms with van der Waals surface area (Å²) in [7, 11) is 0. The highest BCUT2D eigenvalue weighted by Gasteiger charge is 2.24. The summed E-state index contributed by atoms with van der Waals surface area (Å²) in [5.74, 6) is 1.68. The van der Waals surface area contributed by atoms with Crippen LogP contribution < -0.4 is 4.74 Å². The summed E-state index contributed by atoms with van der Waals surface area (Å²) in [6.45, 7) is 6.10. The minimum atomic E-state index is 0.0886. The number of ether oxygens (including phenoxy) is 1. The second-order valence-corrected chi connectivity index (χ2v) is 8.03. The maximum absolute atomic E-state index is 13.2. The number of fused-ring (bicyclic) bond motifs is 1. The Morgan fingerprint density at radius 1 is 0.939 bits per heavy atom. The van der Waals surface area contributed by atoms with Crippen LogP contribution in [0.1, 0.15) is 23.1 Å². The zero-order valence-corrected chi connectivity index (χ0v) is 18.6. The molecule has 1 amide bonds. The Balaban J connectivity index is 1.24. The van der Waals surface area contributed by atoms with E-state index >= 15 is 0 Å². The fourth-order valence-corrected chi connectivity index (χ4v) is 4.25. The van der Waals surface area contributed by atoms with E-state index in [2.05, 4.69) is 20.4 Å². The minimum Gasteiger partial charge on any atom is -0.494 e. The molecule has 0 bridgehead atoms. The van der Waals surface area contributed by atoms with E-state index in [1.807, 2.05) is 78.6 Å². The summed E-state index contributed by atoms with van der Waals surface area (Å²) in [6.07, 6.45) is 0. The molecule has 0 unspecified atom stereocenters. The van der Waals surface area contributed by atoms with Crippen molar-refractivity contribution in [2.24, 2.45) is 0 Å². The number of benzene rings is 3. The summed E-state index contributed by atoms with van der Waals surface area (Å²) in [6, 6.07) is 21.7. The first-order valence-electron chi connectivity index (χ1n) is 11.2. The van der Waals surface area contributed by atoms with Crippen LogP contribution in [0.25, 0.3) is 16.5 Å². The van der Waals surface area contributed by atoms with Crippen molar-refractivity contribution in [1.29, 1.82) is 0 Å². The molecule has 0 radical (unpaired) electrons. The minimum absolute atomic E-state index is 0.0886. The van der Waals surface area contributed by atoms with Crippen molar-refractivity contribution in [2.45, 2.75) is 13.5 Å². The van der Waals surface area contributed by atoms with Crippen LogP contribution in [0, 0.1) is 0 Å². The number of piperazine rings is 1. The molecule has 5 rings (SSSR count). The van der Waals surface area contributed by atoms with Gasteiger partial charge in [-0.2, -0.15) is 4.68 Å². The highest BCUT2D eigenvalue weighted by Crippen LogP contribution is 2.21. The number of carbonyl (C=O) groups is 1. The molecule has 1 aromatic heterocycles. The van der Waals surface area contributed by atoms with E-state index < -0.39 is 0 Å². The lowest BCUT2D eigenvalue weighted by Crippen LogP contribution is -2.48. The van der Waals surface area contributed by atoms with Gasteiger partial charge in [0.15, 0.2) is 5.82 Å². The molecule has 1 aliphatic rings. The van der Waals surface area contributed by atoms with Crippen LogP contribution in [0.3, 0.4) is 0 Å². The third kappa shape index (κ3) is 4.42. The monoisotopic (exact) mass is 442 g/mol. The first kappa shape index (κ1) is 21.1. The molecule has 1 fully saturated rings. The number of aromatic nitrogens is 4. The molecule has 8 heteroatoms. The van der Waals surface area contributed by atoms with Gasteiger partial charge in [-0.1, -0.05) is 36.4 Å². The lowest BCUT2D eigenvalue weighted by molar-refractivity contribution is 0.0626. The van der Waals surface area contributed by atoms with E-state index in [0.29, 0.717) is 26.2 Å². The second kappa shape index (κ2) is 9.38. The van der Waals surface area contributed by atoms with Gasteiger partial charge in [-0.05, 0) is 58.5 Å². The summed E-state index contributed by atoms with van der Waals surface area (Å²) in [5.41, 5.74) is 1.66. The lowest BCUT2D eigenvalue weighted by Gasteiger charge is -2.34. The van der Waals surface area contributed by atoms with Gasteiger partial charge >= 0.3 is 0 Å². The van der Waals surface area contributed by atoms with E-state index in [-0.39, 0.29) is 5.91 Å². The van der Waals surface area contributed by atoms with Crippen LogP contribution in [0.2, 0.25) is 0 Å². The first-order chi connectivity index (χ1) is 16.2. The number of rotatable bonds is 6. The maximum atomic E-state index is 13.2. The highest BCUT2D eigenvalue weighted by molar-refractivity contribution is 6.07. The Hall–Kier alpha value is -3.78. The van der Waals surface area contributed by atoms with E-state index in [0.717, 1.165) is 46.7 Å². The number of carbonyl (C=O) groups excluding carboxylic acids is 1. The van der Waals surface area contributed by atoms with E-state index in [1.165, 1.54) is 0 Å². The van der Waals surface area contributed by atoms with Crippen LogP contribution >= 0.6 is 0 Å². The predicted molar refractivity (Wildman–Crippen MR) is 125 cm³/mol. The van der Waals surface area contributed by atoms with Gasteiger partial charge in [-0.25, -0.2) is 0 Å². The lowest BCUT2D eigenvalue weighted by atomic mass is 10.0. The molecule has 0 saturated carbocycles. The third-order valence-electron chi connectivity index (χ3n) is 5.97. The molecular formula is C25H26N6O2. The SMILES string of the molecule is CCOc1ccc(-n2nnnc2CN2CCN(C(=O)c3cccc4ccccc34)CC2)cc1. The van der Waals surface area contributed by atoms with Gasteiger partial charge in [0.05, 0.1) is 18.8 Å². The van der Waals surface area contributed by atoms with Crippen molar-refractivity contribution in [3.8, 4) is 11.4 Å². The highest BCUT2D eigenvalue weighted by atomic mass is 16.5. The number of nitrogens with zero attached hydrogens (tertiary/aromatic N) is 6. The average Bonchev–Trinajstić information content (AvgIpc) is 3.32. The molecule has 0 aliphatic carbocycles. The van der Waals surface area contributed by atoms with Gasteiger partial charge in [0.2, 0.25) is 0 Å². The van der Waals surface area contributed by atoms with Crippen LogP contribution in [-0.4, -0.2) is 68.7 Å². The van der Waals surface area contributed by atoms with Gasteiger partial charge in [-0.3, -0.25) is 9.69 Å². The van der Waals surface area contributed by atoms with Crippen LogP contribution in [0.5, 0.6) is 5.75 Å². The number of hydrogen-bond donors (Lipinski definition) is 0. The Labute approximate surface area is 192 Å². The van der Waals surface area contributed by atoms with Crippen molar-refractivity contribution >= 4 is 16.7 Å². The van der Waals surface area contributed by atoms with Gasteiger partial charge in [0, 0.05) is 31.7 Å². The fraction of sp³-hybridized carbons (Fsp3) is 0.280. The Morgan fingerprint density at radius 3 is 2.48 bits per heavy atom. The van der Waals surface area contributed by atoms with Crippen LogP contribution in [-0.2, 0) is 6.54 Å². The zero-order valence-electron chi connectivity index (χ0n) is 18.6. The number of tetrazole rings is 1. The fourth-order valence-electron chi connectivity index (χ4n) is 4.25.